The van der Waals surface area contributed by atoms with Crippen molar-refractivity contribution in [2.24, 2.45) is 0 Å². The number of oxazole rings is 1. The van der Waals surface area contributed by atoms with Gasteiger partial charge in [0, 0.05) is 10.2 Å². The van der Waals surface area contributed by atoms with Crippen molar-refractivity contribution in [3.8, 4) is 0 Å². The predicted molar refractivity (Wildman–Crippen MR) is 48.6 cm³/mol. The third kappa shape index (κ3) is 1.06. The molecule has 0 unspecified atom stereocenters. The summed E-state index contributed by atoms with van der Waals surface area (Å²) >= 11 is 5.59. The van der Waals surface area contributed by atoms with Crippen LogP contribution in [0.15, 0.2) is 22.6 Å². The zero-order valence-corrected chi connectivity index (χ0v) is 8.72. The van der Waals surface area contributed by atoms with Gasteiger partial charge in [0.05, 0.1) is 0 Å². The Morgan fingerprint density at radius 2 is 2.27 bits per heavy atom. The van der Waals surface area contributed by atoms with Gasteiger partial charge >= 0.3 is 0 Å². The van der Waals surface area contributed by atoms with Crippen LogP contribution in [0.3, 0.4) is 0 Å². The summed E-state index contributed by atoms with van der Waals surface area (Å²) in [6.45, 7) is 0. The van der Waals surface area contributed by atoms with Crippen molar-refractivity contribution in [3.05, 3.63) is 23.5 Å². The fourth-order valence-electron chi connectivity index (χ4n) is 1.06. The largest absolute Gasteiger partial charge is 0.428 e. The molecule has 0 N–H and O–H groups in total. The summed E-state index contributed by atoms with van der Waals surface area (Å²) in [5.74, 6) is 0. The van der Waals surface area contributed by atoms with Gasteiger partial charge in [-0.1, -0.05) is 12.1 Å². The third-order valence-corrected chi connectivity index (χ3v) is 2.56. The number of halogens is 1. The first-order valence-electron chi connectivity index (χ1n) is 3.29. The van der Waals surface area contributed by atoms with E-state index in [1.165, 1.54) is 5.19 Å². The number of hydrogen-bond acceptors (Lipinski definition) is 2. The van der Waals surface area contributed by atoms with Gasteiger partial charge in [-0.3, -0.25) is 0 Å². The number of nitrogens with zero attached hydrogens (tertiary/aromatic N) is 1. The van der Waals surface area contributed by atoms with Crippen LogP contribution in [-0.4, -0.2) is 15.2 Å². The SMILES string of the molecule is [SiH3]c1cccc2oc(Cl)nc12. The van der Waals surface area contributed by atoms with Crippen LogP contribution < -0.4 is 5.19 Å². The Balaban J connectivity index is 2.90. The molecule has 11 heavy (non-hydrogen) atoms. The molecule has 4 heteroatoms. The minimum absolute atomic E-state index is 0.225. The van der Waals surface area contributed by atoms with E-state index >= 15 is 0 Å². The number of benzene rings is 1. The van der Waals surface area contributed by atoms with Crippen molar-refractivity contribution >= 4 is 38.1 Å². The highest BCUT2D eigenvalue weighted by Crippen LogP contribution is 2.15. The maximum Gasteiger partial charge on any atom is 0.293 e. The van der Waals surface area contributed by atoms with E-state index in [-0.39, 0.29) is 5.35 Å². The molecule has 0 atom stereocenters. The van der Waals surface area contributed by atoms with Crippen molar-refractivity contribution in [1.29, 1.82) is 0 Å². The molecule has 0 spiro atoms. The Morgan fingerprint density at radius 3 is 3.00 bits per heavy atom. The molecule has 1 aromatic heterocycles. The second-order valence-electron chi connectivity index (χ2n) is 2.39. The first-order valence-corrected chi connectivity index (χ1v) is 4.67. The standard InChI is InChI=1S/C7H6ClNOSi/c8-7-9-6-4(10-7)2-1-3-5(6)11/h1-3H,11H3. The van der Waals surface area contributed by atoms with Crippen molar-refractivity contribution in [1.82, 2.24) is 4.98 Å². The van der Waals surface area contributed by atoms with Gasteiger partial charge < -0.3 is 4.42 Å². The summed E-state index contributed by atoms with van der Waals surface area (Å²) in [4.78, 5) is 4.05. The van der Waals surface area contributed by atoms with E-state index in [4.69, 9.17) is 16.0 Å². The van der Waals surface area contributed by atoms with E-state index in [1.54, 1.807) is 0 Å². The van der Waals surface area contributed by atoms with E-state index in [0.717, 1.165) is 21.3 Å². The maximum absolute atomic E-state index is 5.59. The molecule has 56 valence electrons. The Hall–Kier alpha value is -0.803. The smallest absolute Gasteiger partial charge is 0.293 e. The van der Waals surface area contributed by atoms with Gasteiger partial charge in [0.2, 0.25) is 0 Å². The minimum Gasteiger partial charge on any atom is -0.428 e. The Kier molecular flexibility index (Phi) is 1.47. The second-order valence-corrected chi connectivity index (χ2v) is 3.79. The minimum atomic E-state index is 0.225. The first-order chi connectivity index (χ1) is 5.27. The zero-order chi connectivity index (χ0) is 7.84. The van der Waals surface area contributed by atoms with Gasteiger partial charge in [-0.05, 0) is 22.9 Å². The molecule has 0 bridgehead atoms. The van der Waals surface area contributed by atoms with Gasteiger partial charge in [-0.15, -0.1) is 0 Å². The highest BCUT2D eigenvalue weighted by Gasteiger charge is 2.03. The number of hydrogen-bond donors (Lipinski definition) is 0. The Labute approximate surface area is 71.6 Å². The first kappa shape index (κ1) is 6.88. The normalized spacial score (nSPS) is 11.0. The summed E-state index contributed by atoms with van der Waals surface area (Å²) in [5.41, 5.74) is 1.69. The molecule has 0 aliphatic heterocycles. The fourth-order valence-corrected chi connectivity index (χ4v) is 1.78. The van der Waals surface area contributed by atoms with Gasteiger partial charge in [0.1, 0.15) is 5.52 Å². The predicted octanol–water partition coefficient (Wildman–Crippen LogP) is 0.472. The van der Waals surface area contributed by atoms with E-state index in [1.807, 2.05) is 18.2 Å². The lowest BCUT2D eigenvalue weighted by Crippen LogP contribution is -2.01. The summed E-state index contributed by atoms with van der Waals surface area (Å²) < 4.78 is 5.13. The molecular formula is C7H6ClNOSi. The van der Waals surface area contributed by atoms with Crippen LogP contribution >= 0.6 is 11.6 Å². The van der Waals surface area contributed by atoms with Crippen LogP contribution in [0.2, 0.25) is 5.35 Å². The van der Waals surface area contributed by atoms with Crippen LogP contribution in [0.5, 0.6) is 0 Å². The maximum atomic E-state index is 5.59. The summed E-state index contributed by atoms with van der Waals surface area (Å²) in [6, 6.07) is 5.86. The van der Waals surface area contributed by atoms with Crippen molar-refractivity contribution < 1.29 is 4.42 Å². The van der Waals surface area contributed by atoms with E-state index in [2.05, 4.69) is 4.98 Å². The molecule has 0 amide bonds. The van der Waals surface area contributed by atoms with Gasteiger partial charge in [-0.25, -0.2) is 0 Å². The number of rotatable bonds is 0. The van der Waals surface area contributed by atoms with E-state index in [9.17, 15) is 0 Å². The van der Waals surface area contributed by atoms with Gasteiger partial charge in [-0.2, -0.15) is 4.98 Å². The zero-order valence-electron chi connectivity index (χ0n) is 5.97. The number of fused-ring (bicyclic) bond motifs is 1. The topological polar surface area (TPSA) is 26.0 Å². The average molecular weight is 184 g/mol. The number of para-hydroxylation sites is 1. The molecule has 0 fully saturated rings. The molecule has 0 saturated carbocycles. The van der Waals surface area contributed by atoms with E-state index in [0.29, 0.717) is 0 Å². The molecule has 0 saturated heterocycles. The van der Waals surface area contributed by atoms with Crippen LogP contribution in [0.4, 0.5) is 0 Å². The third-order valence-electron chi connectivity index (χ3n) is 1.59. The summed E-state index contributed by atoms with van der Waals surface area (Å²) in [5, 5.41) is 1.45. The molecule has 0 aliphatic rings. The highest BCUT2D eigenvalue weighted by molar-refractivity contribution is 6.38. The second kappa shape index (κ2) is 2.36. The van der Waals surface area contributed by atoms with Crippen molar-refractivity contribution in [2.75, 3.05) is 0 Å². The molecule has 2 nitrogen and oxygen atoms in total. The number of aromatic nitrogens is 1. The van der Waals surface area contributed by atoms with Crippen molar-refractivity contribution in [2.45, 2.75) is 0 Å². The van der Waals surface area contributed by atoms with E-state index < -0.39 is 0 Å². The average Bonchev–Trinajstić information content (AvgIpc) is 2.31. The van der Waals surface area contributed by atoms with Gasteiger partial charge in [0.25, 0.3) is 5.35 Å². The van der Waals surface area contributed by atoms with Crippen LogP contribution in [0.1, 0.15) is 0 Å². The van der Waals surface area contributed by atoms with Crippen LogP contribution in [-0.2, 0) is 0 Å². The lowest BCUT2D eigenvalue weighted by atomic mass is 10.3. The van der Waals surface area contributed by atoms with Crippen LogP contribution in [0.25, 0.3) is 11.1 Å². The molecular weight excluding hydrogens is 178 g/mol. The molecule has 2 aromatic rings. The molecule has 0 aliphatic carbocycles. The highest BCUT2D eigenvalue weighted by atomic mass is 35.5. The molecule has 0 radical (unpaired) electrons. The molecule has 1 heterocycles. The summed E-state index contributed by atoms with van der Waals surface area (Å²) in [6.07, 6.45) is 0. The van der Waals surface area contributed by atoms with Gasteiger partial charge in [0.15, 0.2) is 5.58 Å². The Bertz CT molecular complexity index is 398. The quantitative estimate of drug-likeness (QED) is 0.556. The lowest BCUT2D eigenvalue weighted by molar-refractivity contribution is 0.604. The molecule has 1 aromatic carbocycles. The Morgan fingerprint density at radius 1 is 1.45 bits per heavy atom. The summed E-state index contributed by atoms with van der Waals surface area (Å²) in [7, 11) is 0.969. The lowest BCUT2D eigenvalue weighted by Gasteiger charge is -1.88. The van der Waals surface area contributed by atoms with Crippen molar-refractivity contribution in [3.63, 3.8) is 0 Å². The van der Waals surface area contributed by atoms with Crippen LogP contribution in [0, 0.1) is 0 Å². The fraction of sp³-hybridized carbons (Fsp3) is 0. The monoisotopic (exact) mass is 183 g/mol. The molecule has 2 rings (SSSR count).